The van der Waals surface area contributed by atoms with Crippen LogP contribution in [0.5, 0.6) is 0 Å². The highest BCUT2D eigenvalue weighted by Gasteiger charge is 2.40. The van der Waals surface area contributed by atoms with Crippen LogP contribution in [0.15, 0.2) is 0 Å². The molecule has 0 aromatic rings. The Balaban J connectivity index is 1.97. The second-order valence-electron chi connectivity index (χ2n) is 6.55. The van der Waals surface area contributed by atoms with Crippen molar-refractivity contribution in [1.29, 1.82) is 0 Å². The zero-order valence-electron chi connectivity index (χ0n) is 11.4. The van der Waals surface area contributed by atoms with Crippen LogP contribution in [0, 0.1) is 11.3 Å². The van der Waals surface area contributed by atoms with Crippen LogP contribution in [0.3, 0.4) is 0 Å². The lowest BCUT2D eigenvalue weighted by atomic mass is 9.84. The third-order valence-corrected chi connectivity index (χ3v) is 4.95. The molecule has 0 bridgehead atoms. The van der Waals surface area contributed by atoms with Gasteiger partial charge in [0.2, 0.25) is 0 Å². The first-order chi connectivity index (χ1) is 7.54. The second-order valence-corrected chi connectivity index (χ2v) is 6.55. The van der Waals surface area contributed by atoms with E-state index in [0.717, 1.165) is 18.0 Å². The highest BCUT2D eigenvalue weighted by molar-refractivity contribution is 4.95. The lowest BCUT2D eigenvalue weighted by molar-refractivity contribution is 0.0582. The minimum atomic E-state index is 0.548. The number of rotatable bonds is 2. The Kier molecular flexibility index (Phi) is 3.60. The van der Waals surface area contributed by atoms with Gasteiger partial charge in [-0.05, 0) is 44.2 Å². The van der Waals surface area contributed by atoms with Crippen molar-refractivity contribution in [2.75, 3.05) is 20.1 Å². The molecule has 16 heavy (non-hydrogen) atoms. The molecule has 2 fully saturated rings. The molecule has 0 aromatic carbocycles. The summed E-state index contributed by atoms with van der Waals surface area (Å²) in [5.41, 5.74) is 0.548. The molecule has 1 heterocycles. The van der Waals surface area contributed by atoms with Crippen LogP contribution in [0.4, 0.5) is 0 Å². The summed E-state index contributed by atoms with van der Waals surface area (Å²) in [5.74, 6) is 0.801. The molecular weight excluding hydrogens is 196 g/mol. The van der Waals surface area contributed by atoms with E-state index in [0.29, 0.717) is 5.41 Å². The van der Waals surface area contributed by atoms with Crippen molar-refractivity contribution < 1.29 is 0 Å². The van der Waals surface area contributed by atoms with Crippen LogP contribution in [0.1, 0.15) is 46.5 Å². The summed E-state index contributed by atoms with van der Waals surface area (Å²) >= 11 is 0. The van der Waals surface area contributed by atoms with E-state index in [1.807, 2.05) is 0 Å². The highest BCUT2D eigenvalue weighted by atomic mass is 15.2. The SMILES string of the molecule is CNC1CCN(C2CCCC2(C)C)CC1C. The third-order valence-electron chi connectivity index (χ3n) is 4.95. The molecule has 2 aliphatic rings. The Labute approximate surface area is 101 Å². The zero-order valence-corrected chi connectivity index (χ0v) is 11.4. The molecule has 1 N–H and O–H groups in total. The van der Waals surface area contributed by atoms with Crippen LogP contribution >= 0.6 is 0 Å². The molecule has 1 aliphatic carbocycles. The summed E-state index contributed by atoms with van der Waals surface area (Å²) in [7, 11) is 2.11. The van der Waals surface area contributed by atoms with Gasteiger partial charge in [-0.15, -0.1) is 0 Å². The molecule has 0 amide bonds. The third kappa shape index (κ3) is 2.28. The van der Waals surface area contributed by atoms with E-state index in [-0.39, 0.29) is 0 Å². The van der Waals surface area contributed by atoms with Crippen LogP contribution < -0.4 is 5.32 Å². The van der Waals surface area contributed by atoms with Gasteiger partial charge in [-0.25, -0.2) is 0 Å². The molecule has 0 radical (unpaired) electrons. The fourth-order valence-corrected chi connectivity index (χ4v) is 3.87. The predicted octanol–water partition coefficient (Wildman–Crippen LogP) is 2.49. The fraction of sp³-hybridized carbons (Fsp3) is 1.00. The van der Waals surface area contributed by atoms with Gasteiger partial charge in [-0.3, -0.25) is 4.90 Å². The van der Waals surface area contributed by atoms with Crippen molar-refractivity contribution >= 4 is 0 Å². The smallest absolute Gasteiger partial charge is 0.0146 e. The molecule has 2 rings (SSSR count). The van der Waals surface area contributed by atoms with Gasteiger partial charge >= 0.3 is 0 Å². The summed E-state index contributed by atoms with van der Waals surface area (Å²) in [4.78, 5) is 2.77. The van der Waals surface area contributed by atoms with Gasteiger partial charge in [0, 0.05) is 18.6 Å². The molecule has 94 valence electrons. The van der Waals surface area contributed by atoms with Gasteiger partial charge < -0.3 is 5.32 Å². The first-order valence-corrected chi connectivity index (χ1v) is 6.96. The van der Waals surface area contributed by atoms with E-state index in [1.165, 1.54) is 38.8 Å². The minimum Gasteiger partial charge on any atom is -0.317 e. The quantitative estimate of drug-likeness (QED) is 0.775. The number of nitrogens with one attached hydrogen (secondary N) is 1. The van der Waals surface area contributed by atoms with Crippen molar-refractivity contribution in [1.82, 2.24) is 10.2 Å². The van der Waals surface area contributed by atoms with Crippen LogP contribution in [-0.2, 0) is 0 Å². The van der Waals surface area contributed by atoms with Crippen molar-refractivity contribution in [3.05, 3.63) is 0 Å². The van der Waals surface area contributed by atoms with E-state index < -0.39 is 0 Å². The maximum absolute atomic E-state index is 3.46. The van der Waals surface area contributed by atoms with Crippen molar-refractivity contribution in [3.63, 3.8) is 0 Å². The summed E-state index contributed by atoms with van der Waals surface area (Å²) in [6.07, 6.45) is 5.59. The van der Waals surface area contributed by atoms with Gasteiger partial charge in [-0.1, -0.05) is 27.2 Å². The van der Waals surface area contributed by atoms with E-state index in [2.05, 4.69) is 38.0 Å². The van der Waals surface area contributed by atoms with E-state index in [4.69, 9.17) is 0 Å². The molecule has 1 saturated carbocycles. The molecular formula is C14H28N2. The molecule has 0 spiro atoms. The fourth-order valence-electron chi connectivity index (χ4n) is 3.87. The van der Waals surface area contributed by atoms with Crippen LogP contribution in [0.2, 0.25) is 0 Å². The summed E-state index contributed by atoms with van der Waals surface area (Å²) in [6, 6.07) is 1.58. The number of piperidine rings is 1. The van der Waals surface area contributed by atoms with Gasteiger partial charge in [0.05, 0.1) is 0 Å². The predicted molar refractivity (Wildman–Crippen MR) is 69.6 cm³/mol. The molecule has 3 unspecified atom stereocenters. The Bertz CT molecular complexity index is 237. The summed E-state index contributed by atoms with van der Waals surface area (Å²) in [6.45, 7) is 9.90. The lowest BCUT2D eigenvalue weighted by Gasteiger charge is -2.44. The largest absolute Gasteiger partial charge is 0.317 e. The number of nitrogens with zero attached hydrogens (tertiary/aromatic N) is 1. The average molecular weight is 224 g/mol. The molecule has 3 atom stereocenters. The zero-order chi connectivity index (χ0) is 11.8. The number of likely N-dealkylation sites (tertiary alicyclic amines) is 1. The minimum absolute atomic E-state index is 0.548. The van der Waals surface area contributed by atoms with Gasteiger partial charge in [0.15, 0.2) is 0 Å². The second kappa shape index (κ2) is 4.66. The average Bonchev–Trinajstić information content (AvgIpc) is 2.58. The van der Waals surface area contributed by atoms with Gasteiger partial charge in [0.1, 0.15) is 0 Å². The van der Waals surface area contributed by atoms with Crippen LogP contribution in [0.25, 0.3) is 0 Å². The maximum atomic E-state index is 3.46. The lowest BCUT2D eigenvalue weighted by Crippen LogP contribution is -2.52. The van der Waals surface area contributed by atoms with Crippen LogP contribution in [-0.4, -0.2) is 37.1 Å². The van der Waals surface area contributed by atoms with Crippen molar-refractivity contribution in [3.8, 4) is 0 Å². The molecule has 1 saturated heterocycles. The maximum Gasteiger partial charge on any atom is 0.0146 e. The first kappa shape index (κ1) is 12.4. The summed E-state index contributed by atoms with van der Waals surface area (Å²) in [5, 5.41) is 3.46. The Morgan fingerprint density at radius 1 is 1.25 bits per heavy atom. The van der Waals surface area contributed by atoms with Gasteiger partial charge in [-0.2, -0.15) is 0 Å². The van der Waals surface area contributed by atoms with Crippen molar-refractivity contribution in [2.24, 2.45) is 11.3 Å². The van der Waals surface area contributed by atoms with E-state index in [9.17, 15) is 0 Å². The Morgan fingerprint density at radius 2 is 2.00 bits per heavy atom. The molecule has 2 heteroatoms. The molecule has 2 nitrogen and oxygen atoms in total. The topological polar surface area (TPSA) is 15.3 Å². The summed E-state index contributed by atoms with van der Waals surface area (Å²) < 4.78 is 0. The molecule has 0 aromatic heterocycles. The number of hydrogen-bond donors (Lipinski definition) is 1. The van der Waals surface area contributed by atoms with E-state index >= 15 is 0 Å². The molecule has 1 aliphatic heterocycles. The monoisotopic (exact) mass is 224 g/mol. The standard InChI is InChI=1S/C14H28N2/c1-11-10-16(9-7-12(11)15-4)13-6-5-8-14(13,2)3/h11-13,15H,5-10H2,1-4H3. The van der Waals surface area contributed by atoms with Gasteiger partial charge in [0.25, 0.3) is 0 Å². The van der Waals surface area contributed by atoms with Crippen molar-refractivity contribution in [2.45, 2.75) is 58.5 Å². The highest BCUT2D eigenvalue weighted by Crippen LogP contribution is 2.41. The number of hydrogen-bond acceptors (Lipinski definition) is 2. The normalized spacial score (nSPS) is 40.1. The Morgan fingerprint density at radius 3 is 2.50 bits per heavy atom. The first-order valence-electron chi connectivity index (χ1n) is 6.96. The van der Waals surface area contributed by atoms with E-state index in [1.54, 1.807) is 0 Å². The Hall–Kier alpha value is -0.0800.